The van der Waals surface area contributed by atoms with Crippen LogP contribution in [0.4, 0.5) is 14.5 Å². The van der Waals surface area contributed by atoms with Crippen LogP contribution in [0.15, 0.2) is 46.1 Å². The van der Waals surface area contributed by atoms with Gasteiger partial charge in [0.15, 0.2) is 11.6 Å². The molecule has 11 heteroatoms. The Balaban J connectivity index is 1.50. The van der Waals surface area contributed by atoms with E-state index in [0.717, 1.165) is 49.2 Å². The number of halogens is 2. The quantitative estimate of drug-likeness (QED) is 0.561. The summed E-state index contributed by atoms with van der Waals surface area (Å²) in [6, 6.07) is 7.64. The Bertz CT molecular complexity index is 1340. The maximum atomic E-state index is 13.3. The van der Waals surface area contributed by atoms with Crippen LogP contribution in [0.3, 0.4) is 0 Å². The lowest BCUT2D eigenvalue weighted by Gasteiger charge is -2.19. The first kappa shape index (κ1) is 23.5. The highest BCUT2D eigenvalue weighted by molar-refractivity contribution is 7.89. The van der Waals surface area contributed by atoms with E-state index >= 15 is 0 Å². The molecule has 0 unspecified atom stereocenters. The van der Waals surface area contributed by atoms with Crippen LogP contribution in [-0.4, -0.2) is 36.3 Å². The van der Waals surface area contributed by atoms with E-state index in [0.29, 0.717) is 23.3 Å². The average Bonchev–Trinajstić information content (AvgIpc) is 2.94. The highest BCUT2D eigenvalue weighted by atomic mass is 32.2. The number of nitrogens with one attached hydrogen (secondary N) is 1. The van der Waals surface area contributed by atoms with Gasteiger partial charge in [0.1, 0.15) is 0 Å². The largest absolute Gasteiger partial charge is 0.326 e. The van der Waals surface area contributed by atoms with Crippen LogP contribution >= 0.6 is 11.3 Å². The minimum atomic E-state index is -3.64. The molecule has 1 fully saturated rings. The molecular formula is C22H23F2N3O4S2. The molecule has 0 radical (unpaired) electrons. The molecule has 176 valence electrons. The van der Waals surface area contributed by atoms with E-state index in [-0.39, 0.29) is 28.4 Å². The van der Waals surface area contributed by atoms with Crippen LogP contribution in [0.5, 0.6) is 0 Å². The number of aryl methyl sites for hydroxylation is 1. The third-order valence-electron chi connectivity index (χ3n) is 5.61. The Labute approximate surface area is 193 Å². The van der Waals surface area contributed by atoms with Gasteiger partial charge < -0.3 is 5.32 Å². The molecule has 1 saturated heterocycles. The molecule has 1 N–H and O–H groups in total. The van der Waals surface area contributed by atoms with E-state index < -0.39 is 27.6 Å². The van der Waals surface area contributed by atoms with Crippen molar-refractivity contribution in [3.05, 3.63) is 57.7 Å². The minimum Gasteiger partial charge on any atom is -0.326 e. The molecule has 3 aromatic rings. The predicted octanol–water partition coefficient (Wildman–Crippen LogP) is 3.93. The first-order chi connectivity index (χ1) is 15.8. The minimum absolute atomic E-state index is 0.0621. The van der Waals surface area contributed by atoms with Crippen molar-refractivity contribution in [2.75, 3.05) is 18.4 Å². The number of amides is 1. The van der Waals surface area contributed by atoms with Crippen LogP contribution in [0.25, 0.3) is 10.2 Å². The molecule has 1 aromatic heterocycles. The highest BCUT2D eigenvalue weighted by Gasteiger charge is 2.26. The van der Waals surface area contributed by atoms with Crippen molar-refractivity contribution in [3.8, 4) is 0 Å². The van der Waals surface area contributed by atoms with Crippen LogP contribution in [-0.2, 0) is 21.4 Å². The van der Waals surface area contributed by atoms with Gasteiger partial charge in [0.25, 0.3) is 0 Å². The predicted molar refractivity (Wildman–Crippen MR) is 123 cm³/mol. The van der Waals surface area contributed by atoms with Crippen molar-refractivity contribution >= 4 is 43.2 Å². The van der Waals surface area contributed by atoms with Crippen LogP contribution in [0.2, 0.25) is 0 Å². The lowest BCUT2D eigenvalue weighted by Crippen LogP contribution is -2.31. The van der Waals surface area contributed by atoms with Crippen LogP contribution in [0.1, 0.15) is 32.1 Å². The van der Waals surface area contributed by atoms with Gasteiger partial charge in [-0.05, 0) is 43.2 Å². The second kappa shape index (κ2) is 9.70. The first-order valence-corrected chi connectivity index (χ1v) is 12.9. The molecule has 1 aliphatic rings. The van der Waals surface area contributed by atoms with Gasteiger partial charge >= 0.3 is 4.87 Å². The number of anilines is 1. The first-order valence-electron chi connectivity index (χ1n) is 10.6. The summed E-state index contributed by atoms with van der Waals surface area (Å²) < 4.78 is 55.9. The van der Waals surface area contributed by atoms with E-state index in [1.165, 1.54) is 27.1 Å². The fourth-order valence-electron chi connectivity index (χ4n) is 3.86. The molecular weight excluding hydrogens is 472 g/mol. The van der Waals surface area contributed by atoms with Crippen molar-refractivity contribution in [2.45, 2.75) is 43.5 Å². The summed E-state index contributed by atoms with van der Waals surface area (Å²) >= 11 is 0.920. The summed E-state index contributed by atoms with van der Waals surface area (Å²) in [7, 11) is -3.64. The van der Waals surface area contributed by atoms with Crippen molar-refractivity contribution in [1.29, 1.82) is 0 Å². The number of aromatic nitrogens is 1. The fraction of sp³-hybridized carbons (Fsp3) is 0.364. The van der Waals surface area contributed by atoms with E-state index in [9.17, 15) is 26.8 Å². The Morgan fingerprint density at radius 3 is 2.42 bits per heavy atom. The second-order valence-corrected chi connectivity index (χ2v) is 10.8. The fourth-order valence-corrected chi connectivity index (χ4v) is 6.44. The number of benzene rings is 2. The van der Waals surface area contributed by atoms with Crippen molar-refractivity contribution < 1.29 is 22.0 Å². The molecule has 33 heavy (non-hydrogen) atoms. The van der Waals surface area contributed by atoms with Crippen LogP contribution < -0.4 is 10.2 Å². The Morgan fingerprint density at radius 1 is 1.00 bits per heavy atom. The molecule has 2 aromatic carbocycles. The topological polar surface area (TPSA) is 88.5 Å². The van der Waals surface area contributed by atoms with E-state index in [1.807, 2.05) is 0 Å². The molecule has 7 nitrogen and oxygen atoms in total. The zero-order chi connectivity index (χ0) is 23.6. The molecule has 0 aliphatic carbocycles. The van der Waals surface area contributed by atoms with E-state index in [1.54, 1.807) is 6.07 Å². The average molecular weight is 496 g/mol. The van der Waals surface area contributed by atoms with Gasteiger partial charge in [0, 0.05) is 37.8 Å². The maximum absolute atomic E-state index is 13.3. The number of hydrogen-bond acceptors (Lipinski definition) is 5. The summed E-state index contributed by atoms with van der Waals surface area (Å²) in [5.41, 5.74) is 0.658. The summed E-state index contributed by atoms with van der Waals surface area (Å²) in [6.07, 6.45) is 3.62. The molecule has 0 saturated carbocycles. The zero-order valence-electron chi connectivity index (χ0n) is 17.7. The lowest BCUT2D eigenvalue weighted by atomic mass is 10.2. The number of rotatable bonds is 6. The van der Waals surface area contributed by atoms with Crippen molar-refractivity contribution in [2.24, 2.45) is 0 Å². The lowest BCUT2D eigenvalue weighted by molar-refractivity contribution is -0.116. The Hall–Kier alpha value is -2.63. The molecule has 0 bridgehead atoms. The maximum Gasteiger partial charge on any atom is 0.308 e. The number of carbonyl (C=O) groups excluding carboxylic acids is 1. The Kier molecular flexibility index (Phi) is 6.91. The number of sulfonamides is 1. The summed E-state index contributed by atoms with van der Waals surface area (Å²) in [5.74, 6) is -2.55. The number of thiazole rings is 1. The summed E-state index contributed by atoms with van der Waals surface area (Å²) in [4.78, 5) is 24.6. The monoisotopic (exact) mass is 495 g/mol. The van der Waals surface area contributed by atoms with Crippen LogP contribution in [0, 0.1) is 11.6 Å². The summed E-state index contributed by atoms with van der Waals surface area (Å²) in [6.45, 7) is 1.04. The van der Waals surface area contributed by atoms with E-state index in [2.05, 4.69) is 5.32 Å². The number of fused-ring (bicyclic) bond motifs is 1. The van der Waals surface area contributed by atoms with Gasteiger partial charge in [-0.1, -0.05) is 24.2 Å². The summed E-state index contributed by atoms with van der Waals surface area (Å²) in [5, 5.41) is 2.47. The second-order valence-electron chi connectivity index (χ2n) is 7.89. The van der Waals surface area contributed by atoms with E-state index in [4.69, 9.17) is 0 Å². The molecule has 1 aliphatic heterocycles. The van der Waals surface area contributed by atoms with Gasteiger partial charge in [-0.15, -0.1) is 0 Å². The number of nitrogens with zero attached hydrogens (tertiary/aromatic N) is 2. The van der Waals surface area contributed by atoms with Crippen molar-refractivity contribution in [3.63, 3.8) is 0 Å². The van der Waals surface area contributed by atoms with Gasteiger partial charge in [-0.2, -0.15) is 4.31 Å². The number of hydrogen-bond donors (Lipinski definition) is 1. The molecule has 1 amide bonds. The third kappa shape index (κ3) is 5.15. The highest BCUT2D eigenvalue weighted by Crippen LogP contribution is 2.26. The smallest absolute Gasteiger partial charge is 0.308 e. The molecule has 0 atom stereocenters. The molecule has 0 spiro atoms. The van der Waals surface area contributed by atoms with Gasteiger partial charge in [0.2, 0.25) is 15.9 Å². The zero-order valence-corrected chi connectivity index (χ0v) is 19.4. The standard InChI is InChI=1S/C22H23F2N3O4S2/c23-17-7-5-15(13-18(17)24)25-21(28)9-12-27-19-8-6-16(14-20(19)32-22(27)29)33(30,31)26-10-3-1-2-4-11-26/h5-8,13-14H,1-4,9-12H2,(H,25,28). The molecule has 4 rings (SSSR count). The van der Waals surface area contributed by atoms with Gasteiger partial charge in [-0.3, -0.25) is 14.2 Å². The number of carbonyl (C=O) groups is 1. The normalized spacial score (nSPS) is 15.5. The van der Waals surface area contributed by atoms with Gasteiger partial charge in [0.05, 0.1) is 15.1 Å². The molecule has 2 heterocycles. The third-order valence-corrected chi connectivity index (χ3v) is 8.44. The SMILES string of the molecule is O=C(CCn1c(=O)sc2cc(S(=O)(=O)N3CCCCCC3)ccc21)Nc1ccc(F)c(F)c1. The van der Waals surface area contributed by atoms with Crippen molar-refractivity contribution in [1.82, 2.24) is 8.87 Å². The van der Waals surface area contributed by atoms with Gasteiger partial charge in [-0.25, -0.2) is 17.2 Å². The Morgan fingerprint density at radius 2 is 1.73 bits per heavy atom.